The number of hydrogen-bond acceptors (Lipinski definition) is 1. The summed E-state index contributed by atoms with van der Waals surface area (Å²) in [5.41, 5.74) is 4.12. The molecule has 0 amide bonds. The second-order valence-electron chi connectivity index (χ2n) is 5.19. The zero-order valence-corrected chi connectivity index (χ0v) is 12.7. The first kappa shape index (κ1) is 15.5. The minimum atomic E-state index is 0.720. The van der Waals surface area contributed by atoms with Crippen molar-refractivity contribution in [2.75, 3.05) is 12.4 Å². The lowest BCUT2D eigenvalue weighted by Gasteiger charge is -2.16. The van der Waals surface area contributed by atoms with Crippen LogP contribution < -0.4 is 5.32 Å². The predicted molar refractivity (Wildman–Crippen MR) is 81.4 cm³/mol. The van der Waals surface area contributed by atoms with E-state index in [-0.39, 0.29) is 0 Å². The number of benzene rings is 1. The maximum absolute atomic E-state index is 5.85. The molecule has 0 heterocycles. The van der Waals surface area contributed by atoms with Crippen molar-refractivity contribution in [3.63, 3.8) is 0 Å². The van der Waals surface area contributed by atoms with Crippen LogP contribution in [0.1, 0.15) is 42.9 Å². The Bertz CT molecular complexity index is 343. The van der Waals surface area contributed by atoms with E-state index in [1.54, 1.807) is 0 Å². The smallest absolute Gasteiger partial charge is 0.0226 e. The Morgan fingerprint density at radius 3 is 2.67 bits per heavy atom. The van der Waals surface area contributed by atoms with Gasteiger partial charge >= 0.3 is 0 Å². The zero-order chi connectivity index (χ0) is 13.4. The number of aryl methyl sites for hydroxylation is 2. The fourth-order valence-corrected chi connectivity index (χ4v) is 2.62. The number of rotatable bonds is 8. The highest BCUT2D eigenvalue weighted by Crippen LogP contribution is 2.13. The highest BCUT2D eigenvalue weighted by atomic mass is 35.5. The normalized spacial score (nSPS) is 12.7. The summed E-state index contributed by atoms with van der Waals surface area (Å²) in [6, 6.07) is 6.65. The molecule has 0 fully saturated rings. The van der Waals surface area contributed by atoms with Crippen molar-refractivity contribution in [3.05, 3.63) is 34.9 Å². The first-order chi connectivity index (χ1) is 8.67. The molecular formula is C16H26ClN. The van der Waals surface area contributed by atoms with Gasteiger partial charge < -0.3 is 5.32 Å². The molecule has 1 nitrogen and oxygen atoms in total. The summed E-state index contributed by atoms with van der Waals surface area (Å²) >= 11 is 5.85. The molecule has 0 aliphatic rings. The van der Waals surface area contributed by atoms with Gasteiger partial charge in [0, 0.05) is 12.4 Å². The van der Waals surface area contributed by atoms with Crippen molar-refractivity contribution in [1.29, 1.82) is 0 Å². The fraction of sp³-hybridized carbons (Fsp3) is 0.625. The topological polar surface area (TPSA) is 12.0 Å². The molecule has 1 aromatic carbocycles. The lowest BCUT2D eigenvalue weighted by molar-refractivity contribution is 0.430. The Morgan fingerprint density at radius 1 is 1.22 bits per heavy atom. The van der Waals surface area contributed by atoms with Crippen LogP contribution in [-0.4, -0.2) is 12.4 Å². The highest BCUT2D eigenvalue weighted by Gasteiger charge is 2.07. The Kier molecular flexibility index (Phi) is 7.38. The van der Waals surface area contributed by atoms with Crippen LogP contribution in [0.4, 0.5) is 0 Å². The second kappa shape index (κ2) is 8.55. The highest BCUT2D eigenvalue weighted by molar-refractivity contribution is 6.17. The third kappa shape index (κ3) is 5.41. The van der Waals surface area contributed by atoms with Gasteiger partial charge in [-0.15, -0.1) is 11.6 Å². The van der Waals surface area contributed by atoms with Gasteiger partial charge in [0.2, 0.25) is 0 Å². The molecule has 18 heavy (non-hydrogen) atoms. The molecule has 1 aromatic rings. The minimum Gasteiger partial charge on any atom is -0.312 e. The van der Waals surface area contributed by atoms with Crippen LogP contribution in [-0.2, 0) is 6.54 Å². The summed E-state index contributed by atoms with van der Waals surface area (Å²) in [6.07, 6.45) is 3.63. The summed E-state index contributed by atoms with van der Waals surface area (Å²) in [5, 5.41) is 3.58. The first-order valence-electron chi connectivity index (χ1n) is 7.00. The van der Waals surface area contributed by atoms with Crippen molar-refractivity contribution < 1.29 is 0 Å². The molecule has 0 saturated heterocycles. The molecule has 0 aliphatic heterocycles. The lowest BCUT2D eigenvalue weighted by atomic mass is 10.0. The van der Waals surface area contributed by atoms with Crippen molar-refractivity contribution in [3.8, 4) is 0 Å². The Hall–Kier alpha value is -0.530. The molecule has 0 bridgehead atoms. The monoisotopic (exact) mass is 267 g/mol. The maximum Gasteiger partial charge on any atom is 0.0226 e. The van der Waals surface area contributed by atoms with Crippen molar-refractivity contribution in [1.82, 2.24) is 5.32 Å². The SMILES string of the molecule is CCCC(CCCl)CNCc1cc(C)ccc1C. The Labute approximate surface area is 117 Å². The van der Waals surface area contributed by atoms with E-state index >= 15 is 0 Å². The minimum absolute atomic E-state index is 0.720. The van der Waals surface area contributed by atoms with Gasteiger partial charge in [0.25, 0.3) is 0 Å². The summed E-state index contributed by atoms with van der Waals surface area (Å²) in [5.74, 6) is 1.49. The fourth-order valence-electron chi connectivity index (χ4n) is 2.31. The molecular weight excluding hydrogens is 242 g/mol. The molecule has 0 radical (unpaired) electrons. The molecule has 1 N–H and O–H groups in total. The van der Waals surface area contributed by atoms with Gasteiger partial charge in [0.15, 0.2) is 0 Å². The number of nitrogens with one attached hydrogen (secondary N) is 1. The molecule has 0 saturated carbocycles. The first-order valence-corrected chi connectivity index (χ1v) is 7.53. The number of hydrogen-bond donors (Lipinski definition) is 1. The van der Waals surface area contributed by atoms with Crippen LogP contribution in [0.5, 0.6) is 0 Å². The molecule has 1 rings (SSSR count). The Balaban J connectivity index is 2.41. The van der Waals surface area contributed by atoms with Crippen LogP contribution in [0.2, 0.25) is 0 Å². The third-order valence-electron chi connectivity index (χ3n) is 3.47. The largest absolute Gasteiger partial charge is 0.312 e. The lowest BCUT2D eigenvalue weighted by Crippen LogP contribution is -2.23. The zero-order valence-electron chi connectivity index (χ0n) is 11.9. The van der Waals surface area contributed by atoms with E-state index in [0.29, 0.717) is 0 Å². The quantitative estimate of drug-likeness (QED) is 0.687. The van der Waals surface area contributed by atoms with Gasteiger partial charge in [0.05, 0.1) is 0 Å². The molecule has 0 spiro atoms. The van der Waals surface area contributed by atoms with E-state index in [9.17, 15) is 0 Å². The van der Waals surface area contributed by atoms with E-state index in [1.165, 1.54) is 29.5 Å². The van der Waals surface area contributed by atoms with Crippen molar-refractivity contribution >= 4 is 11.6 Å². The third-order valence-corrected chi connectivity index (χ3v) is 3.69. The average molecular weight is 268 g/mol. The molecule has 0 aromatic heterocycles. The molecule has 102 valence electrons. The van der Waals surface area contributed by atoms with E-state index < -0.39 is 0 Å². The van der Waals surface area contributed by atoms with Gasteiger partial charge in [-0.2, -0.15) is 0 Å². The van der Waals surface area contributed by atoms with Crippen molar-refractivity contribution in [2.45, 2.75) is 46.6 Å². The summed E-state index contributed by atoms with van der Waals surface area (Å²) in [7, 11) is 0. The summed E-state index contributed by atoms with van der Waals surface area (Å²) in [4.78, 5) is 0. The van der Waals surface area contributed by atoms with E-state index in [4.69, 9.17) is 11.6 Å². The van der Waals surface area contributed by atoms with Gasteiger partial charge in [-0.25, -0.2) is 0 Å². The second-order valence-corrected chi connectivity index (χ2v) is 5.57. The van der Waals surface area contributed by atoms with E-state index in [0.717, 1.165) is 31.3 Å². The number of halogens is 1. The van der Waals surface area contributed by atoms with Gasteiger partial charge in [0.1, 0.15) is 0 Å². The van der Waals surface area contributed by atoms with E-state index in [1.807, 2.05) is 0 Å². The Morgan fingerprint density at radius 2 is 2.00 bits per heavy atom. The predicted octanol–water partition coefficient (Wildman–Crippen LogP) is 4.44. The van der Waals surface area contributed by atoms with Crippen LogP contribution in [0, 0.1) is 19.8 Å². The molecule has 2 heteroatoms. The van der Waals surface area contributed by atoms with Crippen LogP contribution in [0.25, 0.3) is 0 Å². The van der Waals surface area contributed by atoms with Crippen molar-refractivity contribution in [2.24, 2.45) is 5.92 Å². The van der Waals surface area contributed by atoms with E-state index in [2.05, 4.69) is 44.3 Å². The standard InChI is InChI=1S/C16H26ClN/c1-4-5-15(8-9-17)11-18-12-16-10-13(2)6-7-14(16)3/h6-7,10,15,18H,4-5,8-9,11-12H2,1-3H3. The maximum atomic E-state index is 5.85. The molecule has 0 aliphatic carbocycles. The average Bonchev–Trinajstić information content (AvgIpc) is 2.34. The van der Waals surface area contributed by atoms with Gasteiger partial charge in [-0.3, -0.25) is 0 Å². The van der Waals surface area contributed by atoms with Crippen LogP contribution in [0.3, 0.4) is 0 Å². The van der Waals surface area contributed by atoms with Gasteiger partial charge in [-0.05, 0) is 50.3 Å². The van der Waals surface area contributed by atoms with Crippen LogP contribution >= 0.6 is 11.6 Å². The van der Waals surface area contributed by atoms with Crippen LogP contribution in [0.15, 0.2) is 18.2 Å². The van der Waals surface area contributed by atoms with Gasteiger partial charge in [-0.1, -0.05) is 37.1 Å². The molecule has 1 atom stereocenters. The number of alkyl halides is 1. The molecule has 1 unspecified atom stereocenters. The summed E-state index contributed by atoms with van der Waals surface area (Å²) < 4.78 is 0. The summed E-state index contributed by atoms with van der Waals surface area (Å²) in [6.45, 7) is 8.62.